The van der Waals surface area contributed by atoms with Crippen LogP contribution in [0.1, 0.15) is 46.0 Å². The first kappa shape index (κ1) is 17.3. The third-order valence-corrected chi connectivity index (χ3v) is 4.13. The molecule has 1 aliphatic rings. The lowest BCUT2D eigenvalue weighted by atomic mass is 9.78. The summed E-state index contributed by atoms with van der Waals surface area (Å²) in [6.45, 7) is 4.28. The van der Waals surface area contributed by atoms with Gasteiger partial charge >= 0.3 is 6.18 Å². The molecule has 1 aliphatic carbocycles. The molecule has 1 fully saturated rings. The van der Waals surface area contributed by atoms with Crippen LogP contribution in [0.2, 0.25) is 0 Å². The highest BCUT2D eigenvalue weighted by Crippen LogP contribution is 2.41. The Hall–Kier alpha value is -0.780. The lowest BCUT2D eigenvalue weighted by molar-refractivity contribution is -0.198. The van der Waals surface area contributed by atoms with Gasteiger partial charge in [-0.05, 0) is 31.7 Å². The monoisotopic (exact) mass is 294 g/mol. The van der Waals surface area contributed by atoms with Gasteiger partial charge in [0.05, 0.1) is 5.92 Å². The highest BCUT2D eigenvalue weighted by molar-refractivity contribution is 5.79. The molecule has 0 aromatic rings. The van der Waals surface area contributed by atoms with Crippen LogP contribution in [-0.4, -0.2) is 24.7 Å². The van der Waals surface area contributed by atoms with E-state index in [1.54, 1.807) is 0 Å². The van der Waals surface area contributed by atoms with Crippen LogP contribution in [-0.2, 0) is 4.79 Å². The third kappa shape index (κ3) is 4.65. The van der Waals surface area contributed by atoms with Crippen LogP contribution in [0.5, 0.6) is 0 Å². The van der Waals surface area contributed by atoms with Gasteiger partial charge < -0.3 is 11.1 Å². The van der Waals surface area contributed by atoms with Crippen molar-refractivity contribution in [3.63, 3.8) is 0 Å². The van der Waals surface area contributed by atoms with Crippen molar-refractivity contribution < 1.29 is 18.0 Å². The fourth-order valence-electron chi connectivity index (χ4n) is 2.88. The zero-order chi connectivity index (χ0) is 15.3. The fourth-order valence-corrected chi connectivity index (χ4v) is 2.88. The molecule has 0 spiro atoms. The average molecular weight is 294 g/mol. The molecule has 20 heavy (non-hydrogen) atoms. The minimum Gasteiger partial charge on any atom is -0.353 e. The third-order valence-electron chi connectivity index (χ3n) is 4.13. The summed E-state index contributed by atoms with van der Waals surface area (Å²) >= 11 is 0. The molecule has 3 nitrogen and oxygen atoms in total. The van der Waals surface area contributed by atoms with Gasteiger partial charge in [-0.15, -0.1) is 0 Å². The van der Waals surface area contributed by atoms with Crippen molar-refractivity contribution >= 4 is 5.91 Å². The molecule has 6 heteroatoms. The standard InChI is InChI=1S/C14H25F3N2O/c1-9(2)12(7-8-18)19-13(20)10-5-3-4-6-11(10)14(15,16)17/h9-12H,3-8,18H2,1-2H3,(H,19,20). The van der Waals surface area contributed by atoms with E-state index in [0.717, 1.165) is 0 Å². The number of nitrogens with one attached hydrogen (secondary N) is 1. The van der Waals surface area contributed by atoms with Gasteiger partial charge in [0.15, 0.2) is 0 Å². The highest BCUT2D eigenvalue weighted by Gasteiger charge is 2.48. The lowest BCUT2D eigenvalue weighted by Crippen LogP contribution is -2.47. The summed E-state index contributed by atoms with van der Waals surface area (Å²) in [6, 6.07) is -0.150. The number of hydrogen-bond donors (Lipinski definition) is 2. The summed E-state index contributed by atoms with van der Waals surface area (Å²) in [4.78, 5) is 12.2. The van der Waals surface area contributed by atoms with E-state index in [2.05, 4.69) is 5.32 Å². The van der Waals surface area contributed by atoms with E-state index in [0.29, 0.717) is 32.2 Å². The Balaban J connectivity index is 2.72. The summed E-state index contributed by atoms with van der Waals surface area (Å²) in [5.41, 5.74) is 5.49. The maximum absolute atomic E-state index is 13.0. The van der Waals surface area contributed by atoms with Crippen LogP contribution < -0.4 is 11.1 Å². The Labute approximate surface area is 118 Å². The lowest BCUT2D eigenvalue weighted by Gasteiger charge is -2.33. The first-order valence-corrected chi connectivity index (χ1v) is 7.34. The van der Waals surface area contributed by atoms with Gasteiger partial charge in [0.25, 0.3) is 0 Å². The zero-order valence-corrected chi connectivity index (χ0v) is 12.2. The van der Waals surface area contributed by atoms with E-state index in [4.69, 9.17) is 5.73 Å². The van der Waals surface area contributed by atoms with E-state index in [1.807, 2.05) is 13.8 Å². The Morgan fingerprint density at radius 3 is 2.40 bits per heavy atom. The molecule has 3 unspecified atom stereocenters. The van der Waals surface area contributed by atoms with E-state index in [9.17, 15) is 18.0 Å². The van der Waals surface area contributed by atoms with E-state index in [-0.39, 0.29) is 18.4 Å². The Morgan fingerprint density at radius 2 is 1.90 bits per heavy atom. The molecule has 118 valence electrons. The number of carbonyl (C=O) groups excluding carboxylic acids is 1. The minimum absolute atomic E-state index is 0.0603. The molecule has 0 aliphatic heterocycles. The number of hydrogen-bond acceptors (Lipinski definition) is 2. The number of amides is 1. The van der Waals surface area contributed by atoms with Crippen LogP contribution in [0, 0.1) is 17.8 Å². The van der Waals surface area contributed by atoms with Crippen LogP contribution >= 0.6 is 0 Å². The highest BCUT2D eigenvalue weighted by atomic mass is 19.4. The normalized spacial score (nSPS) is 25.6. The van der Waals surface area contributed by atoms with Gasteiger partial charge in [-0.25, -0.2) is 0 Å². The summed E-state index contributed by atoms with van der Waals surface area (Å²) in [6.07, 6.45) is -2.08. The molecule has 3 atom stereocenters. The average Bonchev–Trinajstić information content (AvgIpc) is 2.37. The summed E-state index contributed by atoms with van der Waals surface area (Å²) in [7, 11) is 0. The quantitative estimate of drug-likeness (QED) is 0.819. The predicted molar refractivity (Wildman–Crippen MR) is 71.9 cm³/mol. The van der Waals surface area contributed by atoms with Crippen LogP contribution in [0.3, 0.4) is 0 Å². The van der Waals surface area contributed by atoms with Gasteiger partial charge in [-0.2, -0.15) is 13.2 Å². The van der Waals surface area contributed by atoms with E-state index in [1.165, 1.54) is 0 Å². The van der Waals surface area contributed by atoms with Crippen LogP contribution in [0.4, 0.5) is 13.2 Å². The van der Waals surface area contributed by atoms with E-state index < -0.39 is 23.9 Å². The second-order valence-electron chi connectivity index (χ2n) is 5.98. The molecule has 0 radical (unpaired) electrons. The molecule has 1 saturated carbocycles. The van der Waals surface area contributed by atoms with Gasteiger partial charge in [0, 0.05) is 12.0 Å². The van der Waals surface area contributed by atoms with Crippen LogP contribution in [0.15, 0.2) is 0 Å². The van der Waals surface area contributed by atoms with E-state index >= 15 is 0 Å². The molecule has 0 heterocycles. The molecule has 0 bridgehead atoms. The molecule has 1 rings (SSSR count). The molecule has 0 aromatic heterocycles. The summed E-state index contributed by atoms with van der Waals surface area (Å²) in [5.74, 6) is -2.74. The van der Waals surface area contributed by atoms with Crippen molar-refractivity contribution in [3.05, 3.63) is 0 Å². The van der Waals surface area contributed by atoms with Crippen molar-refractivity contribution in [2.24, 2.45) is 23.5 Å². The maximum atomic E-state index is 13.0. The largest absolute Gasteiger partial charge is 0.392 e. The molecular formula is C14H25F3N2O. The SMILES string of the molecule is CC(C)C(CCN)NC(=O)C1CCCCC1C(F)(F)F. The van der Waals surface area contributed by atoms with Gasteiger partial charge in [-0.3, -0.25) is 4.79 Å². The fraction of sp³-hybridized carbons (Fsp3) is 0.929. The Kier molecular flexibility index (Phi) is 6.30. The second-order valence-corrected chi connectivity index (χ2v) is 5.98. The zero-order valence-electron chi connectivity index (χ0n) is 12.2. The number of halogens is 3. The molecule has 3 N–H and O–H groups in total. The van der Waals surface area contributed by atoms with Crippen molar-refractivity contribution in [1.82, 2.24) is 5.32 Å². The molecule has 1 amide bonds. The topological polar surface area (TPSA) is 55.1 Å². The number of nitrogens with two attached hydrogens (primary N) is 1. The summed E-state index contributed by atoms with van der Waals surface area (Å²) in [5, 5.41) is 2.77. The van der Waals surface area contributed by atoms with Crippen molar-refractivity contribution in [2.75, 3.05) is 6.54 Å². The number of carbonyl (C=O) groups is 1. The predicted octanol–water partition coefficient (Wildman–Crippen LogP) is 2.84. The first-order chi connectivity index (χ1) is 9.27. The number of rotatable bonds is 5. The van der Waals surface area contributed by atoms with Gasteiger partial charge in [0.1, 0.15) is 0 Å². The Morgan fingerprint density at radius 1 is 1.30 bits per heavy atom. The smallest absolute Gasteiger partial charge is 0.353 e. The number of alkyl halides is 3. The van der Waals surface area contributed by atoms with Crippen molar-refractivity contribution in [1.29, 1.82) is 0 Å². The first-order valence-electron chi connectivity index (χ1n) is 7.34. The molecule has 0 saturated heterocycles. The second kappa shape index (κ2) is 7.29. The van der Waals surface area contributed by atoms with Crippen molar-refractivity contribution in [2.45, 2.75) is 58.2 Å². The van der Waals surface area contributed by atoms with Crippen LogP contribution in [0.25, 0.3) is 0 Å². The Bertz CT molecular complexity index is 318. The maximum Gasteiger partial charge on any atom is 0.392 e. The van der Waals surface area contributed by atoms with Gasteiger partial charge in [-0.1, -0.05) is 26.7 Å². The molecular weight excluding hydrogens is 269 g/mol. The minimum atomic E-state index is -4.29. The summed E-state index contributed by atoms with van der Waals surface area (Å²) < 4.78 is 39.0. The van der Waals surface area contributed by atoms with Crippen molar-refractivity contribution in [3.8, 4) is 0 Å². The molecule has 0 aromatic carbocycles. The van der Waals surface area contributed by atoms with Gasteiger partial charge in [0.2, 0.25) is 5.91 Å².